The van der Waals surface area contributed by atoms with Crippen LogP contribution < -0.4 is 5.32 Å². The highest BCUT2D eigenvalue weighted by molar-refractivity contribution is 5.28. The van der Waals surface area contributed by atoms with E-state index in [4.69, 9.17) is 0 Å². The van der Waals surface area contributed by atoms with Crippen LogP contribution in [0.4, 0.5) is 0 Å². The smallest absolute Gasteiger partial charge is 0.0145 e. The van der Waals surface area contributed by atoms with Crippen LogP contribution in [0.2, 0.25) is 0 Å². The quantitative estimate of drug-likeness (QED) is 0.848. The van der Waals surface area contributed by atoms with Crippen molar-refractivity contribution in [3.63, 3.8) is 0 Å². The van der Waals surface area contributed by atoms with Gasteiger partial charge >= 0.3 is 0 Å². The molecule has 1 nitrogen and oxygen atoms in total. The molecule has 1 fully saturated rings. The third-order valence-corrected chi connectivity index (χ3v) is 4.57. The van der Waals surface area contributed by atoms with Crippen LogP contribution in [0.1, 0.15) is 43.2 Å². The van der Waals surface area contributed by atoms with Crippen LogP contribution in [0.3, 0.4) is 0 Å². The van der Waals surface area contributed by atoms with E-state index in [9.17, 15) is 0 Å². The van der Waals surface area contributed by atoms with E-state index >= 15 is 0 Å². The van der Waals surface area contributed by atoms with Gasteiger partial charge in [-0.25, -0.2) is 0 Å². The lowest BCUT2D eigenvalue weighted by molar-refractivity contribution is 0.474. The molecule has 3 rings (SSSR count). The summed E-state index contributed by atoms with van der Waals surface area (Å²) < 4.78 is 0. The molecule has 104 valence electrons. The Balaban J connectivity index is 1.57. The van der Waals surface area contributed by atoms with Gasteiger partial charge in [0.1, 0.15) is 0 Å². The molecule has 0 amide bonds. The van der Waals surface area contributed by atoms with Gasteiger partial charge in [-0.2, -0.15) is 0 Å². The Bertz CT molecular complexity index is 534. The van der Waals surface area contributed by atoms with Gasteiger partial charge < -0.3 is 5.32 Å². The predicted molar refractivity (Wildman–Crippen MR) is 85.0 cm³/mol. The van der Waals surface area contributed by atoms with Crippen molar-refractivity contribution >= 4 is 0 Å². The van der Waals surface area contributed by atoms with Crippen molar-refractivity contribution in [1.29, 1.82) is 0 Å². The molecular formula is C19H23N. The summed E-state index contributed by atoms with van der Waals surface area (Å²) in [6, 6.07) is 22.8. The normalized spacial score (nSPS) is 24.1. The average molecular weight is 265 g/mol. The first kappa shape index (κ1) is 13.4. The molecule has 0 aromatic heterocycles. The maximum atomic E-state index is 3.80. The SMILES string of the molecule is C[C@H](N[C@@H]1C[C@H]1c1ccccc1)[C@@H](C)c1ccccc1. The predicted octanol–water partition coefficient (Wildman–Crippen LogP) is 4.32. The van der Waals surface area contributed by atoms with Crippen molar-refractivity contribution in [3.8, 4) is 0 Å². The molecular weight excluding hydrogens is 242 g/mol. The minimum Gasteiger partial charge on any atom is -0.310 e. The zero-order valence-electron chi connectivity index (χ0n) is 12.3. The van der Waals surface area contributed by atoms with Gasteiger partial charge in [-0.1, -0.05) is 67.6 Å². The van der Waals surface area contributed by atoms with Crippen LogP contribution in [0.25, 0.3) is 0 Å². The second-order valence-corrected chi connectivity index (χ2v) is 6.01. The van der Waals surface area contributed by atoms with E-state index in [1.165, 1.54) is 17.5 Å². The summed E-state index contributed by atoms with van der Waals surface area (Å²) in [6.45, 7) is 4.62. The summed E-state index contributed by atoms with van der Waals surface area (Å²) in [4.78, 5) is 0. The third kappa shape index (κ3) is 2.94. The van der Waals surface area contributed by atoms with Gasteiger partial charge in [-0.3, -0.25) is 0 Å². The molecule has 1 aliphatic rings. The first-order valence-electron chi connectivity index (χ1n) is 7.61. The van der Waals surface area contributed by atoms with Crippen LogP contribution in [0.15, 0.2) is 60.7 Å². The molecule has 0 aliphatic heterocycles. The number of hydrogen-bond donors (Lipinski definition) is 1. The highest BCUT2D eigenvalue weighted by Crippen LogP contribution is 2.41. The van der Waals surface area contributed by atoms with Crippen LogP contribution in [-0.4, -0.2) is 12.1 Å². The van der Waals surface area contributed by atoms with Crippen molar-refractivity contribution in [2.45, 2.75) is 44.2 Å². The molecule has 1 saturated carbocycles. The molecule has 0 saturated heterocycles. The van der Waals surface area contributed by atoms with Crippen molar-refractivity contribution in [2.75, 3.05) is 0 Å². The van der Waals surface area contributed by atoms with E-state index in [1.807, 2.05) is 0 Å². The minimum atomic E-state index is 0.510. The molecule has 0 bridgehead atoms. The number of hydrogen-bond acceptors (Lipinski definition) is 1. The van der Waals surface area contributed by atoms with Crippen molar-refractivity contribution in [3.05, 3.63) is 71.8 Å². The van der Waals surface area contributed by atoms with Crippen molar-refractivity contribution < 1.29 is 0 Å². The van der Waals surface area contributed by atoms with E-state index in [1.54, 1.807) is 0 Å². The molecule has 20 heavy (non-hydrogen) atoms. The van der Waals surface area contributed by atoms with Gasteiger partial charge in [-0.05, 0) is 30.4 Å². The van der Waals surface area contributed by atoms with Crippen molar-refractivity contribution in [1.82, 2.24) is 5.32 Å². The Morgan fingerprint density at radius 1 is 0.900 bits per heavy atom. The average Bonchev–Trinajstić information content (AvgIpc) is 3.27. The van der Waals surface area contributed by atoms with Crippen LogP contribution in [0, 0.1) is 0 Å². The summed E-state index contributed by atoms with van der Waals surface area (Å²) in [5.41, 5.74) is 2.90. The highest BCUT2D eigenvalue weighted by Gasteiger charge is 2.39. The molecule has 1 heteroatoms. The lowest BCUT2D eigenvalue weighted by atomic mass is 9.94. The van der Waals surface area contributed by atoms with Gasteiger partial charge in [0.2, 0.25) is 0 Å². The Hall–Kier alpha value is -1.60. The molecule has 1 N–H and O–H groups in total. The van der Waals surface area contributed by atoms with E-state index < -0.39 is 0 Å². The zero-order chi connectivity index (χ0) is 13.9. The Labute approximate surface area is 122 Å². The highest BCUT2D eigenvalue weighted by atomic mass is 15.0. The van der Waals surface area contributed by atoms with Crippen LogP contribution >= 0.6 is 0 Å². The van der Waals surface area contributed by atoms with Crippen molar-refractivity contribution in [2.24, 2.45) is 0 Å². The molecule has 4 atom stereocenters. The van der Waals surface area contributed by atoms with Gasteiger partial charge in [-0.15, -0.1) is 0 Å². The van der Waals surface area contributed by atoms with E-state index in [-0.39, 0.29) is 0 Å². The van der Waals surface area contributed by atoms with Crippen LogP contribution in [-0.2, 0) is 0 Å². The Kier molecular flexibility index (Phi) is 3.88. The lowest BCUT2D eigenvalue weighted by Crippen LogP contribution is -2.33. The van der Waals surface area contributed by atoms with Crippen LogP contribution in [0.5, 0.6) is 0 Å². The molecule has 2 aromatic rings. The Morgan fingerprint density at radius 2 is 1.50 bits per heavy atom. The summed E-state index contributed by atoms with van der Waals surface area (Å²) in [7, 11) is 0. The number of rotatable bonds is 5. The first-order valence-corrected chi connectivity index (χ1v) is 7.61. The summed E-state index contributed by atoms with van der Waals surface area (Å²) in [6.07, 6.45) is 1.27. The van der Waals surface area contributed by atoms with E-state index in [0.29, 0.717) is 23.9 Å². The van der Waals surface area contributed by atoms with Gasteiger partial charge in [0.15, 0.2) is 0 Å². The largest absolute Gasteiger partial charge is 0.310 e. The van der Waals surface area contributed by atoms with E-state index in [2.05, 4.69) is 79.8 Å². The summed E-state index contributed by atoms with van der Waals surface area (Å²) >= 11 is 0. The van der Waals surface area contributed by atoms with Gasteiger partial charge in [0.25, 0.3) is 0 Å². The lowest BCUT2D eigenvalue weighted by Gasteiger charge is -2.22. The first-order chi connectivity index (χ1) is 9.75. The molecule has 2 aromatic carbocycles. The monoisotopic (exact) mass is 265 g/mol. The second-order valence-electron chi connectivity index (χ2n) is 6.01. The van der Waals surface area contributed by atoms with E-state index in [0.717, 1.165) is 0 Å². The second kappa shape index (κ2) is 5.80. The summed E-state index contributed by atoms with van der Waals surface area (Å²) in [5.74, 6) is 1.26. The Morgan fingerprint density at radius 3 is 2.15 bits per heavy atom. The molecule has 0 spiro atoms. The fraction of sp³-hybridized carbons (Fsp3) is 0.368. The molecule has 0 heterocycles. The molecule has 0 unspecified atom stereocenters. The zero-order valence-corrected chi connectivity index (χ0v) is 12.3. The maximum absolute atomic E-state index is 3.80. The third-order valence-electron chi connectivity index (χ3n) is 4.57. The maximum Gasteiger partial charge on any atom is 0.0145 e. The fourth-order valence-corrected chi connectivity index (χ4v) is 2.98. The van der Waals surface area contributed by atoms with Gasteiger partial charge in [0.05, 0.1) is 0 Å². The molecule has 0 radical (unpaired) electrons. The summed E-state index contributed by atoms with van der Waals surface area (Å²) in [5, 5.41) is 3.80. The fourth-order valence-electron chi connectivity index (χ4n) is 2.98. The molecule has 1 aliphatic carbocycles. The minimum absolute atomic E-state index is 0.510. The number of benzene rings is 2. The topological polar surface area (TPSA) is 12.0 Å². The van der Waals surface area contributed by atoms with Gasteiger partial charge in [0, 0.05) is 18.0 Å². The number of nitrogens with one attached hydrogen (secondary N) is 1. The standard InChI is InChI=1S/C19H23N/c1-14(16-9-5-3-6-10-16)15(2)20-19-13-18(19)17-11-7-4-8-12-17/h3-12,14-15,18-20H,13H2,1-2H3/t14-,15+,18+,19-/m1/s1.